The van der Waals surface area contributed by atoms with Crippen LogP contribution in [0.1, 0.15) is 33.3 Å². The molecule has 0 spiro atoms. The van der Waals surface area contributed by atoms with Crippen molar-refractivity contribution in [3.63, 3.8) is 0 Å². The van der Waals surface area contributed by atoms with E-state index in [1.165, 1.54) is 0 Å². The molecule has 0 radical (unpaired) electrons. The number of morpholine rings is 1. The third-order valence-corrected chi connectivity index (χ3v) is 3.86. The summed E-state index contributed by atoms with van der Waals surface area (Å²) in [4.78, 5) is 23.4. The zero-order valence-corrected chi connectivity index (χ0v) is 19.6. The first-order valence-electron chi connectivity index (χ1n) is 9.49. The van der Waals surface area contributed by atoms with Gasteiger partial charge in [-0.05, 0) is 33.8 Å². The Kier molecular flexibility index (Phi) is 10.5. The number of halogens is 1. The van der Waals surface area contributed by atoms with Crippen molar-refractivity contribution in [3.8, 4) is 0 Å². The largest absolute Gasteiger partial charge is 0.378 e. The van der Waals surface area contributed by atoms with Crippen LogP contribution in [0.3, 0.4) is 0 Å². The molecule has 1 aliphatic heterocycles. The number of nitrogens with one attached hydrogen (secondary N) is 3. The highest BCUT2D eigenvalue weighted by molar-refractivity contribution is 14.0. The fraction of sp³-hybridized carbons (Fsp3) is 0.632. The predicted molar refractivity (Wildman–Crippen MR) is 123 cm³/mol. The van der Waals surface area contributed by atoms with Crippen LogP contribution >= 0.6 is 24.0 Å². The Balaban J connectivity index is 0.00000392. The summed E-state index contributed by atoms with van der Waals surface area (Å²) in [6, 6.07) is 3.96. The zero-order valence-electron chi connectivity index (χ0n) is 17.2. The maximum Gasteiger partial charge on any atom is 0.239 e. The van der Waals surface area contributed by atoms with Gasteiger partial charge < -0.3 is 25.6 Å². The highest BCUT2D eigenvalue weighted by Gasteiger charge is 2.16. The minimum atomic E-state index is -0.253. The molecule has 3 N–H and O–H groups in total. The Labute approximate surface area is 184 Å². The average molecular weight is 504 g/mol. The summed E-state index contributed by atoms with van der Waals surface area (Å²) in [5.41, 5.74) is 0.799. The number of ether oxygens (including phenoxy) is 1. The number of hydrogen-bond donors (Lipinski definition) is 3. The molecule has 1 aromatic heterocycles. The van der Waals surface area contributed by atoms with Crippen LogP contribution in [0.4, 0.5) is 5.82 Å². The molecule has 0 unspecified atom stereocenters. The van der Waals surface area contributed by atoms with E-state index in [2.05, 4.69) is 30.8 Å². The lowest BCUT2D eigenvalue weighted by atomic mass is 10.1. The van der Waals surface area contributed by atoms with Crippen molar-refractivity contribution >= 4 is 41.7 Å². The number of carbonyl (C=O) groups excluding carboxylic acids is 1. The molecule has 1 fully saturated rings. The number of anilines is 1. The molecule has 1 aromatic rings. The number of carbonyl (C=O) groups is 1. The van der Waals surface area contributed by atoms with E-state index in [-0.39, 0.29) is 42.0 Å². The van der Waals surface area contributed by atoms with E-state index in [9.17, 15) is 4.79 Å². The third kappa shape index (κ3) is 8.59. The molecule has 2 heterocycles. The molecular formula is C19H33IN6O2. The number of guanidine groups is 1. The Bertz CT molecular complexity index is 642. The zero-order chi connectivity index (χ0) is 19.7. The second kappa shape index (κ2) is 12.1. The first-order valence-corrected chi connectivity index (χ1v) is 9.49. The second-order valence-electron chi connectivity index (χ2n) is 7.43. The smallest absolute Gasteiger partial charge is 0.239 e. The summed E-state index contributed by atoms with van der Waals surface area (Å²) in [7, 11) is 0. The van der Waals surface area contributed by atoms with E-state index in [4.69, 9.17) is 4.74 Å². The summed E-state index contributed by atoms with van der Waals surface area (Å²) in [6.45, 7) is 12.3. The molecule has 1 amide bonds. The summed E-state index contributed by atoms with van der Waals surface area (Å²) in [6.07, 6.45) is 1.80. The number of hydrogen-bond acceptors (Lipinski definition) is 5. The van der Waals surface area contributed by atoms with Gasteiger partial charge in [0.2, 0.25) is 5.91 Å². The van der Waals surface area contributed by atoms with Crippen molar-refractivity contribution in [2.75, 3.05) is 44.3 Å². The lowest BCUT2D eigenvalue weighted by molar-refractivity contribution is -0.121. The van der Waals surface area contributed by atoms with Gasteiger partial charge in [0, 0.05) is 36.9 Å². The van der Waals surface area contributed by atoms with Crippen LogP contribution in [0.5, 0.6) is 0 Å². The topological polar surface area (TPSA) is 90.9 Å². The number of aromatic nitrogens is 1. The molecule has 1 saturated heterocycles. The van der Waals surface area contributed by atoms with Crippen LogP contribution in [0.15, 0.2) is 23.3 Å². The molecule has 2 rings (SSSR count). The Hall–Kier alpha value is -1.62. The van der Waals surface area contributed by atoms with Gasteiger partial charge in [-0.15, -0.1) is 24.0 Å². The van der Waals surface area contributed by atoms with Gasteiger partial charge in [0.05, 0.1) is 26.3 Å². The predicted octanol–water partition coefficient (Wildman–Crippen LogP) is 1.51. The van der Waals surface area contributed by atoms with Crippen LogP contribution in [0, 0.1) is 0 Å². The molecular weight excluding hydrogens is 471 g/mol. The van der Waals surface area contributed by atoms with Crippen molar-refractivity contribution in [1.82, 2.24) is 20.9 Å². The Morgan fingerprint density at radius 1 is 1.29 bits per heavy atom. The quantitative estimate of drug-likeness (QED) is 0.309. The molecule has 8 nitrogen and oxygen atoms in total. The van der Waals surface area contributed by atoms with Crippen molar-refractivity contribution in [2.24, 2.45) is 4.99 Å². The number of amides is 1. The first-order chi connectivity index (χ1) is 12.9. The van der Waals surface area contributed by atoms with E-state index < -0.39 is 0 Å². The lowest BCUT2D eigenvalue weighted by Gasteiger charge is -2.29. The van der Waals surface area contributed by atoms with Gasteiger partial charge in [0.15, 0.2) is 5.96 Å². The van der Waals surface area contributed by atoms with E-state index >= 15 is 0 Å². The van der Waals surface area contributed by atoms with Gasteiger partial charge in [-0.1, -0.05) is 6.07 Å². The standard InChI is InChI=1S/C19H32N6O2.HI/c1-5-20-18(23-14-16(26)24-19(2,3)4)22-13-15-7-6-8-21-17(15)25-9-11-27-12-10-25;/h6-8H,5,9-14H2,1-4H3,(H,24,26)(H2,20,22,23);1H. The van der Waals surface area contributed by atoms with E-state index in [0.717, 1.165) is 31.0 Å². The second-order valence-corrected chi connectivity index (χ2v) is 7.43. The SMILES string of the molecule is CCNC(=NCc1cccnc1N1CCOCC1)NCC(=O)NC(C)(C)C.I. The third-order valence-electron chi connectivity index (χ3n) is 3.86. The first kappa shape index (κ1) is 24.4. The number of rotatable bonds is 6. The minimum Gasteiger partial charge on any atom is -0.378 e. The van der Waals surface area contributed by atoms with Gasteiger partial charge in [0.25, 0.3) is 0 Å². The van der Waals surface area contributed by atoms with Gasteiger partial charge in [-0.25, -0.2) is 9.98 Å². The maximum absolute atomic E-state index is 12.0. The van der Waals surface area contributed by atoms with Crippen LogP contribution in [0.2, 0.25) is 0 Å². The fourth-order valence-corrected chi connectivity index (χ4v) is 2.75. The summed E-state index contributed by atoms with van der Waals surface area (Å²) < 4.78 is 5.43. The molecule has 9 heteroatoms. The molecule has 0 aromatic carbocycles. The fourth-order valence-electron chi connectivity index (χ4n) is 2.75. The van der Waals surface area contributed by atoms with Gasteiger partial charge in [0.1, 0.15) is 5.82 Å². The number of pyridine rings is 1. The van der Waals surface area contributed by atoms with Crippen LogP contribution < -0.4 is 20.9 Å². The van der Waals surface area contributed by atoms with Crippen molar-refractivity contribution < 1.29 is 9.53 Å². The van der Waals surface area contributed by atoms with Crippen molar-refractivity contribution in [2.45, 2.75) is 39.8 Å². The average Bonchev–Trinajstić information content (AvgIpc) is 2.63. The molecule has 0 aliphatic carbocycles. The molecule has 1 aliphatic rings. The maximum atomic E-state index is 12.0. The lowest BCUT2D eigenvalue weighted by Crippen LogP contribution is -2.48. The molecule has 0 bridgehead atoms. The van der Waals surface area contributed by atoms with Gasteiger partial charge >= 0.3 is 0 Å². The minimum absolute atomic E-state index is 0. The van der Waals surface area contributed by atoms with Gasteiger partial charge in [-0.3, -0.25) is 4.79 Å². The normalized spacial score (nSPS) is 14.9. The number of nitrogens with zero attached hydrogens (tertiary/aromatic N) is 3. The summed E-state index contributed by atoms with van der Waals surface area (Å²) in [5, 5.41) is 9.19. The summed E-state index contributed by atoms with van der Waals surface area (Å²) in [5.74, 6) is 1.49. The van der Waals surface area contributed by atoms with Crippen molar-refractivity contribution in [1.29, 1.82) is 0 Å². The summed E-state index contributed by atoms with van der Waals surface area (Å²) >= 11 is 0. The molecule has 0 saturated carbocycles. The molecule has 158 valence electrons. The molecule has 0 atom stereocenters. The highest BCUT2D eigenvalue weighted by atomic mass is 127. The van der Waals surface area contributed by atoms with Gasteiger partial charge in [-0.2, -0.15) is 0 Å². The Morgan fingerprint density at radius 2 is 2.00 bits per heavy atom. The van der Waals surface area contributed by atoms with E-state index in [1.807, 2.05) is 39.8 Å². The van der Waals surface area contributed by atoms with E-state index in [1.54, 1.807) is 6.20 Å². The van der Waals surface area contributed by atoms with Crippen molar-refractivity contribution in [3.05, 3.63) is 23.9 Å². The Morgan fingerprint density at radius 3 is 2.64 bits per heavy atom. The highest BCUT2D eigenvalue weighted by Crippen LogP contribution is 2.19. The van der Waals surface area contributed by atoms with Crippen LogP contribution in [-0.2, 0) is 16.1 Å². The molecule has 28 heavy (non-hydrogen) atoms. The van der Waals surface area contributed by atoms with Crippen LogP contribution in [0.25, 0.3) is 0 Å². The number of aliphatic imine (C=N–C) groups is 1. The monoisotopic (exact) mass is 504 g/mol. The van der Waals surface area contributed by atoms with Crippen LogP contribution in [-0.4, -0.2) is 61.8 Å². The van der Waals surface area contributed by atoms with E-state index in [0.29, 0.717) is 25.7 Å².